The summed E-state index contributed by atoms with van der Waals surface area (Å²) in [6.45, 7) is 5.79. The molecular weight excluding hydrogens is 446 g/mol. The molecule has 8 heteroatoms. The number of ether oxygens (including phenoxy) is 1. The molecule has 178 valence electrons. The van der Waals surface area contributed by atoms with Crippen molar-refractivity contribution in [3.63, 3.8) is 0 Å². The lowest BCUT2D eigenvalue weighted by atomic mass is 9.95. The van der Waals surface area contributed by atoms with Crippen LogP contribution in [0.5, 0.6) is 5.75 Å². The minimum Gasteiger partial charge on any atom is -0.507 e. The van der Waals surface area contributed by atoms with Gasteiger partial charge >= 0.3 is 5.91 Å². The molecule has 0 bridgehead atoms. The lowest BCUT2D eigenvalue weighted by molar-refractivity contribution is -0.132. The molecule has 5 rings (SSSR count). The van der Waals surface area contributed by atoms with Crippen molar-refractivity contribution >= 4 is 34.4 Å². The first-order valence-electron chi connectivity index (χ1n) is 11.3. The van der Waals surface area contributed by atoms with Crippen molar-refractivity contribution in [2.45, 2.75) is 32.7 Å². The Morgan fingerprint density at radius 2 is 1.91 bits per heavy atom. The molecule has 1 aliphatic rings. The molecule has 2 aromatic carbocycles. The van der Waals surface area contributed by atoms with Gasteiger partial charge in [0.05, 0.1) is 23.7 Å². The van der Waals surface area contributed by atoms with Crippen LogP contribution in [-0.2, 0) is 9.59 Å². The average Bonchev–Trinajstić information content (AvgIpc) is 3.54. The molecule has 0 aliphatic carbocycles. The maximum atomic E-state index is 13.3. The number of carbonyl (C=O) groups is 2. The first kappa shape index (κ1) is 22.5. The summed E-state index contributed by atoms with van der Waals surface area (Å²) >= 11 is 0. The topological polar surface area (TPSA) is 109 Å². The van der Waals surface area contributed by atoms with E-state index >= 15 is 0 Å². The van der Waals surface area contributed by atoms with E-state index in [9.17, 15) is 14.7 Å². The number of methoxy groups -OCH3 is 1. The van der Waals surface area contributed by atoms with Gasteiger partial charge in [-0.3, -0.25) is 14.5 Å². The molecule has 1 atom stereocenters. The Kier molecular flexibility index (Phi) is 5.43. The van der Waals surface area contributed by atoms with E-state index in [1.165, 1.54) is 4.90 Å². The summed E-state index contributed by atoms with van der Waals surface area (Å²) in [4.78, 5) is 35.5. The molecule has 1 amide bonds. The third-order valence-electron chi connectivity index (χ3n) is 6.21. The SMILES string of the molecule is COc1ccc(/C(O)=C2\C(=O)C(=O)N(c3nc4ccccc4[nH]3)C2c2ccc(C)o2)cc1C(C)C. The van der Waals surface area contributed by atoms with E-state index in [-0.39, 0.29) is 23.2 Å². The number of amides is 1. The van der Waals surface area contributed by atoms with Crippen molar-refractivity contribution in [1.29, 1.82) is 0 Å². The zero-order valence-electron chi connectivity index (χ0n) is 19.8. The molecule has 8 nitrogen and oxygen atoms in total. The Hall–Kier alpha value is -4.33. The quantitative estimate of drug-likeness (QED) is 0.235. The molecule has 2 aromatic heterocycles. The maximum Gasteiger partial charge on any atom is 0.302 e. The van der Waals surface area contributed by atoms with E-state index < -0.39 is 17.7 Å². The van der Waals surface area contributed by atoms with Gasteiger partial charge in [0, 0.05) is 5.56 Å². The number of hydrogen-bond donors (Lipinski definition) is 2. The number of para-hydroxylation sites is 2. The normalized spacial score (nSPS) is 17.6. The smallest absolute Gasteiger partial charge is 0.302 e. The summed E-state index contributed by atoms with van der Waals surface area (Å²) < 4.78 is 11.3. The minimum absolute atomic E-state index is 0.0651. The molecule has 35 heavy (non-hydrogen) atoms. The molecular formula is C27H25N3O5. The Bertz CT molecular complexity index is 1460. The fourth-order valence-electron chi connectivity index (χ4n) is 4.46. The van der Waals surface area contributed by atoms with Gasteiger partial charge in [0.1, 0.15) is 29.1 Å². The zero-order chi connectivity index (χ0) is 24.9. The summed E-state index contributed by atoms with van der Waals surface area (Å²) in [7, 11) is 1.58. The number of aryl methyl sites for hydroxylation is 1. The van der Waals surface area contributed by atoms with Gasteiger partial charge in [-0.1, -0.05) is 26.0 Å². The van der Waals surface area contributed by atoms with Crippen molar-refractivity contribution < 1.29 is 23.8 Å². The number of fused-ring (bicyclic) bond motifs is 1. The lowest BCUT2D eigenvalue weighted by Crippen LogP contribution is -2.30. The first-order chi connectivity index (χ1) is 16.8. The highest BCUT2D eigenvalue weighted by molar-refractivity contribution is 6.51. The van der Waals surface area contributed by atoms with Gasteiger partial charge in [-0.15, -0.1) is 0 Å². The Morgan fingerprint density at radius 3 is 2.57 bits per heavy atom. The van der Waals surface area contributed by atoms with Gasteiger partial charge in [0.25, 0.3) is 5.78 Å². The number of benzene rings is 2. The van der Waals surface area contributed by atoms with Gasteiger partial charge < -0.3 is 19.2 Å². The minimum atomic E-state index is -0.992. The van der Waals surface area contributed by atoms with Gasteiger partial charge in [0.15, 0.2) is 0 Å². The third-order valence-corrected chi connectivity index (χ3v) is 6.21. The van der Waals surface area contributed by atoms with Crippen LogP contribution < -0.4 is 9.64 Å². The predicted molar refractivity (Wildman–Crippen MR) is 131 cm³/mol. The zero-order valence-corrected chi connectivity index (χ0v) is 19.8. The van der Waals surface area contributed by atoms with Crippen molar-refractivity contribution in [2.24, 2.45) is 0 Å². The summed E-state index contributed by atoms with van der Waals surface area (Å²) in [6.07, 6.45) is 0. The molecule has 1 aliphatic heterocycles. The number of carbonyl (C=O) groups excluding carboxylic acids is 2. The van der Waals surface area contributed by atoms with Crippen molar-refractivity contribution in [1.82, 2.24) is 9.97 Å². The molecule has 1 saturated heterocycles. The molecule has 4 aromatic rings. The number of aliphatic hydroxyl groups is 1. The van der Waals surface area contributed by atoms with Crippen LogP contribution in [0.25, 0.3) is 16.8 Å². The van der Waals surface area contributed by atoms with E-state index in [4.69, 9.17) is 9.15 Å². The fourth-order valence-corrected chi connectivity index (χ4v) is 4.46. The van der Waals surface area contributed by atoms with Crippen molar-refractivity contribution in [3.05, 3.63) is 82.8 Å². The number of imidazole rings is 1. The monoisotopic (exact) mass is 471 g/mol. The van der Waals surface area contributed by atoms with Crippen LogP contribution in [0, 0.1) is 6.92 Å². The van der Waals surface area contributed by atoms with Crippen LogP contribution in [0.4, 0.5) is 5.95 Å². The van der Waals surface area contributed by atoms with Crippen molar-refractivity contribution in [2.75, 3.05) is 12.0 Å². The van der Waals surface area contributed by atoms with E-state index in [0.29, 0.717) is 28.4 Å². The molecule has 2 N–H and O–H groups in total. The highest BCUT2D eigenvalue weighted by Crippen LogP contribution is 2.42. The van der Waals surface area contributed by atoms with E-state index in [1.54, 1.807) is 44.4 Å². The molecule has 0 saturated carbocycles. The van der Waals surface area contributed by atoms with Gasteiger partial charge in [0.2, 0.25) is 5.95 Å². The summed E-state index contributed by atoms with van der Waals surface area (Å²) in [5.41, 5.74) is 2.58. The summed E-state index contributed by atoms with van der Waals surface area (Å²) in [5.74, 6) is 0.0421. The number of nitrogens with one attached hydrogen (secondary N) is 1. The van der Waals surface area contributed by atoms with Crippen LogP contribution in [0.3, 0.4) is 0 Å². The van der Waals surface area contributed by atoms with Gasteiger partial charge in [-0.25, -0.2) is 4.98 Å². The second-order valence-corrected chi connectivity index (χ2v) is 8.81. The predicted octanol–water partition coefficient (Wildman–Crippen LogP) is 5.22. The standard InChI is InChI=1S/C27H25N3O5/c1-14(2)17-13-16(10-12-20(17)34-4)24(31)22-23(21-11-9-15(3)35-21)30(26(33)25(22)32)27-28-18-7-5-6-8-19(18)29-27/h5-14,23,31H,1-4H3,(H,28,29)/b24-22+. The fraction of sp³-hybridized carbons (Fsp3) is 0.222. The second kappa shape index (κ2) is 8.47. The Balaban J connectivity index is 1.71. The summed E-state index contributed by atoms with van der Waals surface area (Å²) in [5, 5.41) is 11.4. The number of anilines is 1. The molecule has 3 heterocycles. The number of ketones is 1. The highest BCUT2D eigenvalue weighted by Gasteiger charge is 2.49. The van der Waals surface area contributed by atoms with E-state index in [0.717, 1.165) is 11.1 Å². The van der Waals surface area contributed by atoms with Crippen molar-refractivity contribution in [3.8, 4) is 5.75 Å². The van der Waals surface area contributed by atoms with Crippen LogP contribution in [0.1, 0.15) is 48.5 Å². The molecule has 1 fully saturated rings. The Morgan fingerprint density at radius 1 is 1.14 bits per heavy atom. The van der Waals surface area contributed by atoms with Crippen LogP contribution >= 0.6 is 0 Å². The number of H-pyrrole nitrogens is 1. The number of rotatable bonds is 5. The molecule has 0 radical (unpaired) electrons. The Labute approximate surface area is 201 Å². The van der Waals surface area contributed by atoms with Gasteiger partial charge in [-0.05, 0) is 60.9 Å². The number of nitrogens with zero attached hydrogens (tertiary/aromatic N) is 2. The number of hydrogen-bond acceptors (Lipinski definition) is 6. The second-order valence-electron chi connectivity index (χ2n) is 8.81. The third kappa shape index (κ3) is 3.67. The maximum absolute atomic E-state index is 13.3. The van der Waals surface area contributed by atoms with Gasteiger partial charge in [-0.2, -0.15) is 0 Å². The number of furan rings is 1. The molecule has 0 spiro atoms. The van der Waals surface area contributed by atoms with E-state index in [1.807, 2.05) is 38.1 Å². The van der Waals surface area contributed by atoms with Crippen LogP contribution in [0.15, 0.2) is 64.6 Å². The first-order valence-corrected chi connectivity index (χ1v) is 11.3. The average molecular weight is 472 g/mol. The lowest BCUT2D eigenvalue weighted by Gasteiger charge is -2.21. The van der Waals surface area contributed by atoms with E-state index in [2.05, 4.69) is 9.97 Å². The number of aromatic amines is 1. The van der Waals surface area contributed by atoms with Crippen LogP contribution in [-0.4, -0.2) is 33.9 Å². The number of Topliss-reactive ketones (excluding diaryl/α,β-unsaturated/α-hetero) is 1. The largest absolute Gasteiger partial charge is 0.507 e. The number of aliphatic hydroxyl groups excluding tert-OH is 1. The molecule has 1 unspecified atom stereocenters. The highest BCUT2D eigenvalue weighted by atomic mass is 16.5. The number of aromatic nitrogens is 2. The van der Waals surface area contributed by atoms with Crippen LogP contribution in [0.2, 0.25) is 0 Å². The summed E-state index contributed by atoms with van der Waals surface area (Å²) in [6, 6.07) is 15.0.